The third-order valence-electron chi connectivity index (χ3n) is 3.62. The predicted molar refractivity (Wildman–Crippen MR) is 77.9 cm³/mol. The molecule has 1 aromatic carbocycles. The summed E-state index contributed by atoms with van der Waals surface area (Å²) >= 11 is 2.16. The van der Waals surface area contributed by atoms with Crippen molar-refractivity contribution in [2.45, 2.75) is 31.6 Å². The van der Waals surface area contributed by atoms with Crippen LogP contribution in [0.4, 0.5) is 5.69 Å². The molecule has 1 aliphatic heterocycles. The number of nitrogen functional groups attached to an aromatic ring is 1. The van der Waals surface area contributed by atoms with Gasteiger partial charge in [0.15, 0.2) is 0 Å². The number of carbonyl (C=O) groups excluding carboxylic acids is 2. The van der Waals surface area contributed by atoms with Crippen LogP contribution >= 0.6 is 22.6 Å². The monoisotopic (exact) mass is 358 g/mol. The maximum atomic E-state index is 12.2. The molecule has 1 unspecified atom stereocenters. The van der Waals surface area contributed by atoms with Crippen LogP contribution in [0.15, 0.2) is 18.2 Å². The van der Waals surface area contributed by atoms with Crippen molar-refractivity contribution in [3.05, 3.63) is 27.3 Å². The molecule has 1 aromatic rings. The molecule has 0 saturated carbocycles. The predicted octanol–water partition coefficient (Wildman–Crippen LogP) is 1.96. The highest BCUT2D eigenvalue weighted by Crippen LogP contribution is 2.37. The maximum Gasteiger partial charge on any atom is 0.237 e. The standard InChI is InChI=1S/C13H15IN2O2/c1-2-13(6-5-11(17)16-12(13)18)8-3-4-10(15)9(14)7-8/h3-4,7H,2,5-6,15H2,1H3,(H,16,17,18). The minimum absolute atomic E-state index is 0.186. The number of benzene rings is 1. The van der Waals surface area contributed by atoms with Gasteiger partial charge in [-0.25, -0.2) is 0 Å². The topological polar surface area (TPSA) is 72.2 Å². The minimum atomic E-state index is -0.596. The lowest BCUT2D eigenvalue weighted by Gasteiger charge is -2.35. The molecule has 0 aromatic heterocycles. The first-order chi connectivity index (χ1) is 8.49. The molecule has 1 heterocycles. The van der Waals surface area contributed by atoms with Gasteiger partial charge in [0.05, 0.1) is 5.41 Å². The van der Waals surface area contributed by atoms with Crippen molar-refractivity contribution in [2.24, 2.45) is 0 Å². The molecule has 2 amide bonds. The smallest absolute Gasteiger partial charge is 0.237 e. The lowest BCUT2D eigenvalue weighted by Crippen LogP contribution is -2.51. The van der Waals surface area contributed by atoms with Gasteiger partial charge in [-0.2, -0.15) is 0 Å². The molecule has 1 atom stereocenters. The highest BCUT2D eigenvalue weighted by atomic mass is 127. The van der Waals surface area contributed by atoms with Gasteiger partial charge in [-0.3, -0.25) is 14.9 Å². The third-order valence-corrected chi connectivity index (χ3v) is 4.56. The Morgan fingerprint density at radius 2 is 2.17 bits per heavy atom. The number of halogens is 1. The van der Waals surface area contributed by atoms with Crippen LogP contribution in [0.3, 0.4) is 0 Å². The quantitative estimate of drug-likeness (QED) is 0.482. The van der Waals surface area contributed by atoms with Crippen LogP contribution in [0.1, 0.15) is 31.7 Å². The second kappa shape index (κ2) is 4.87. The van der Waals surface area contributed by atoms with Crippen LogP contribution < -0.4 is 11.1 Å². The molecule has 5 heteroatoms. The maximum absolute atomic E-state index is 12.2. The molecule has 0 bridgehead atoms. The normalized spacial score (nSPS) is 23.9. The van der Waals surface area contributed by atoms with Gasteiger partial charge in [0.1, 0.15) is 0 Å². The van der Waals surface area contributed by atoms with E-state index in [-0.39, 0.29) is 11.8 Å². The third kappa shape index (κ3) is 2.11. The van der Waals surface area contributed by atoms with Crippen molar-refractivity contribution in [2.75, 3.05) is 5.73 Å². The summed E-state index contributed by atoms with van der Waals surface area (Å²) in [6.45, 7) is 1.97. The first-order valence-corrected chi connectivity index (χ1v) is 6.97. The van der Waals surface area contributed by atoms with Crippen LogP contribution in [-0.4, -0.2) is 11.8 Å². The van der Waals surface area contributed by atoms with Gasteiger partial charge in [0.2, 0.25) is 11.8 Å². The summed E-state index contributed by atoms with van der Waals surface area (Å²) in [6, 6.07) is 5.64. The second-order valence-corrected chi connectivity index (χ2v) is 5.71. The molecule has 18 heavy (non-hydrogen) atoms. The second-order valence-electron chi connectivity index (χ2n) is 4.55. The number of nitrogens with two attached hydrogens (primary N) is 1. The van der Waals surface area contributed by atoms with E-state index in [1.165, 1.54) is 0 Å². The lowest BCUT2D eigenvalue weighted by atomic mass is 9.72. The van der Waals surface area contributed by atoms with Gasteiger partial charge in [-0.15, -0.1) is 0 Å². The minimum Gasteiger partial charge on any atom is -0.398 e. The summed E-state index contributed by atoms with van der Waals surface area (Å²) in [4.78, 5) is 23.5. The number of hydrogen-bond acceptors (Lipinski definition) is 3. The van der Waals surface area contributed by atoms with E-state index in [0.717, 1.165) is 9.13 Å². The first kappa shape index (κ1) is 13.3. The Kier molecular flexibility index (Phi) is 3.61. The van der Waals surface area contributed by atoms with Gasteiger partial charge in [-0.1, -0.05) is 13.0 Å². The molecule has 3 N–H and O–H groups in total. The van der Waals surface area contributed by atoms with E-state index < -0.39 is 5.41 Å². The van der Waals surface area contributed by atoms with Crippen molar-refractivity contribution in [1.82, 2.24) is 5.32 Å². The van der Waals surface area contributed by atoms with E-state index in [1.54, 1.807) is 0 Å². The molecular formula is C13H15IN2O2. The van der Waals surface area contributed by atoms with Crippen LogP contribution in [0.25, 0.3) is 0 Å². The molecular weight excluding hydrogens is 343 g/mol. The van der Waals surface area contributed by atoms with Gasteiger partial charge in [-0.05, 0) is 53.1 Å². The zero-order chi connectivity index (χ0) is 13.3. The van der Waals surface area contributed by atoms with Crippen molar-refractivity contribution in [3.8, 4) is 0 Å². The summed E-state index contributed by atoms with van der Waals surface area (Å²) in [7, 11) is 0. The van der Waals surface area contributed by atoms with Crippen molar-refractivity contribution in [3.63, 3.8) is 0 Å². The Morgan fingerprint density at radius 1 is 1.44 bits per heavy atom. The molecule has 1 saturated heterocycles. The number of anilines is 1. The van der Waals surface area contributed by atoms with Crippen LogP contribution in [0.2, 0.25) is 0 Å². The molecule has 96 valence electrons. The highest BCUT2D eigenvalue weighted by molar-refractivity contribution is 14.1. The summed E-state index contributed by atoms with van der Waals surface area (Å²) in [5.41, 5.74) is 6.85. The number of carbonyl (C=O) groups is 2. The molecule has 4 nitrogen and oxygen atoms in total. The van der Waals surface area contributed by atoms with Crippen LogP contribution in [-0.2, 0) is 15.0 Å². The molecule has 0 radical (unpaired) electrons. The molecule has 1 aliphatic rings. The summed E-state index contributed by atoms with van der Waals surface area (Å²) in [5, 5.41) is 2.44. The number of hydrogen-bond donors (Lipinski definition) is 2. The summed E-state index contributed by atoms with van der Waals surface area (Å²) in [5.74, 6) is -0.379. The van der Waals surface area contributed by atoms with Crippen molar-refractivity contribution < 1.29 is 9.59 Å². The Hall–Kier alpha value is -1.11. The van der Waals surface area contributed by atoms with E-state index >= 15 is 0 Å². The number of imide groups is 1. The summed E-state index contributed by atoms with van der Waals surface area (Å²) < 4.78 is 0.933. The fourth-order valence-electron chi connectivity index (χ4n) is 2.39. The Balaban J connectivity index is 2.46. The Labute approximate surface area is 119 Å². The lowest BCUT2D eigenvalue weighted by molar-refractivity contribution is -0.138. The summed E-state index contributed by atoms with van der Waals surface area (Å²) in [6.07, 6.45) is 1.63. The average molecular weight is 358 g/mol. The first-order valence-electron chi connectivity index (χ1n) is 5.89. The van der Waals surface area contributed by atoms with E-state index in [2.05, 4.69) is 27.9 Å². The zero-order valence-corrected chi connectivity index (χ0v) is 12.3. The number of amides is 2. The van der Waals surface area contributed by atoms with E-state index in [1.807, 2.05) is 25.1 Å². The van der Waals surface area contributed by atoms with E-state index in [9.17, 15) is 9.59 Å². The fraction of sp³-hybridized carbons (Fsp3) is 0.385. The van der Waals surface area contributed by atoms with Gasteiger partial charge >= 0.3 is 0 Å². The SMILES string of the molecule is CCC1(c2ccc(N)c(I)c2)CCC(=O)NC1=O. The molecule has 0 aliphatic carbocycles. The average Bonchev–Trinajstić information content (AvgIpc) is 2.34. The highest BCUT2D eigenvalue weighted by Gasteiger charge is 2.42. The Morgan fingerprint density at radius 3 is 2.72 bits per heavy atom. The van der Waals surface area contributed by atoms with Gasteiger partial charge < -0.3 is 5.73 Å². The van der Waals surface area contributed by atoms with Crippen LogP contribution in [0, 0.1) is 3.57 Å². The van der Waals surface area contributed by atoms with E-state index in [0.29, 0.717) is 24.9 Å². The fourth-order valence-corrected chi connectivity index (χ4v) is 2.91. The Bertz CT molecular complexity index is 516. The molecule has 0 spiro atoms. The zero-order valence-electron chi connectivity index (χ0n) is 10.1. The van der Waals surface area contributed by atoms with Gasteiger partial charge in [0.25, 0.3) is 0 Å². The van der Waals surface area contributed by atoms with Gasteiger partial charge in [0, 0.05) is 15.7 Å². The number of nitrogens with one attached hydrogen (secondary N) is 1. The number of piperidine rings is 1. The molecule has 1 fully saturated rings. The van der Waals surface area contributed by atoms with E-state index in [4.69, 9.17) is 5.73 Å². The van der Waals surface area contributed by atoms with Crippen molar-refractivity contribution in [1.29, 1.82) is 0 Å². The van der Waals surface area contributed by atoms with Crippen molar-refractivity contribution >= 4 is 40.1 Å². The van der Waals surface area contributed by atoms with Crippen LogP contribution in [0.5, 0.6) is 0 Å². The number of rotatable bonds is 2. The molecule has 2 rings (SSSR count). The largest absolute Gasteiger partial charge is 0.398 e.